The number of fused-ring (bicyclic) bond motifs is 5. The lowest BCUT2D eigenvalue weighted by Gasteiger charge is -2.58. The smallest absolute Gasteiger partial charge is 0.137 e. The molecule has 4 aliphatic rings. The van der Waals surface area contributed by atoms with E-state index in [0.717, 1.165) is 51.4 Å². The average Bonchev–Trinajstić information content (AvgIpc) is 3.08. The van der Waals surface area contributed by atoms with Gasteiger partial charge in [-0.2, -0.15) is 0 Å². The molecule has 182 valence electrons. The normalized spacial score (nSPS) is 45.7. The molecule has 0 aromatic carbocycles. The van der Waals surface area contributed by atoms with Crippen molar-refractivity contribution < 1.29 is 15.0 Å². The lowest BCUT2D eigenvalue weighted by Crippen LogP contribution is -2.56. The van der Waals surface area contributed by atoms with Gasteiger partial charge >= 0.3 is 0 Å². The van der Waals surface area contributed by atoms with Crippen molar-refractivity contribution in [3.05, 3.63) is 11.6 Å². The molecule has 0 amide bonds. The maximum absolute atomic E-state index is 13.9. The van der Waals surface area contributed by atoms with Gasteiger partial charge in [-0.1, -0.05) is 53.2 Å². The quantitative estimate of drug-likeness (QED) is 0.471. The van der Waals surface area contributed by atoms with Gasteiger partial charge in [-0.05, 0) is 98.2 Å². The Kier molecular flexibility index (Phi) is 6.51. The van der Waals surface area contributed by atoms with Crippen molar-refractivity contribution in [1.82, 2.24) is 0 Å². The summed E-state index contributed by atoms with van der Waals surface area (Å²) in [5, 5.41) is 21.3. The molecule has 9 atom stereocenters. The van der Waals surface area contributed by atoms with Gasteiger partial charge in [0.05, 0.1) is 11.7 Å². The minimum Gasteiger partial charge on any atom is -0.393 e. The fourth-order valence-electron chi connectivity index (χ4n) is 8.78. The zero-order chi connectivity index (χ0) is 23.5. The molecule has 0 bridgehead atoms. The molecule has 3 heteroatoms. The number of carbonyl (C=O) groups excluding carboxylic acids is 1. The van der Waals surface area contributed by atoms with Crippen LogP contribution >= 0.6 is 0 Å². The lowest BCUT2D eigenvalue weighted by atomic mass is 9.45. The van der Waals surface area contributed by atoms with E-state index in [9.17, 15) is 15.0 Å². The number of rotatable bonds is 6. The van der Waals surface area contributed by atoms with Gasteiger partial charge in [-0.25, -0.2) is 0 Å². The Balaban J connectivity index is 1.55. The van der Waals surface area contributed by atoms with Crippen molar-refractivity contribution in [2.45, 2.75) is 117 Å². The van der Waals surface area contributed by atoms with Crippen LogP contribution in [-0.4, -0.2) is 27.7 Å². The number of aliphatic hydroxyl groups is 2. The van der Waals surface area contributed by atoms with Crippen molar-refractivity contribution >= 4 is 5.78 Å². The molecule has 0 heterocycles. The number of ketones is 1. The van der Waals surface area contributed by atoms with Gasteiger partial charge in [0.25, 0.3) is 0 Å². The second kappa shape index (κ2) is 8.52. The van der Waals surface area contributed by atoms with Gasteiger partial charge < -0.3 is 10.2 Å². The summed E-state index contributed by atoms with van der Waals surface area (Å²) >= 11 is 0. The molecule has 0 radical (unpaired) electrons. The van der Waals surface area contributed by atoms with Crippen LogP contribution in [0.3, 0.4) is 0 Å². The molecule has 3 nitrogen and oxygen atoms in total. The van der Waals surface area contributed by atoms with Crippen molar-refractivity contribution in [3.8, 4) is 0 Å². The monoisotopic (exact) mass is 444 g/mol. The Bertz CT molecular complexity index is 756. The molecule has 0 saturated heterocycles. The molecule has 2 unspecified atom stereocenters. The molecular weight excluding hydrogens is 396 g/mol. The summed E-state index contributed by atoms with van der Waals surface area (Å²) in [7, 11) is 0. The molecule has 0 spiro atoms. The van der Waals surface area contributed by atoms with Gasteiger partial charge in [0.1, 0.15) is 5.78 Å². The first kappa shape index (κ1) is 24.5. The molecule has 4 aliphatic carbocycles. The predicted molar refractivity (Wildman–Crippen MR) is 130 cm³/mol. The van der Waals surface area contributed by atoms with E-state index >= 15 is 0 Å². The highest BCUT2D eigenvalue weighted by molar-refractivity contribution is 5.85. The van der Waals surface area contributed by atoms with Crippen LogP contribution in [0.2, 0.25) is 0 Å². The summed E-state index contributed by atoms with van der Waals surface area (Å²) < 4.78 is 0. The maximum atomic E-state index is 13.9. The third-order valence-electron chi connectivity index (χ3n) is 11.0. The highest BCUT2D eigenvalue weighted by atomic mass is 16.3. The van der Waals surface area contributed by atoms with Crippen LogP contribution < -0.4 is 0 Å². The van der Waals surface area contributed by atoms with Crippen molar-refractivity contribution in [2.75, 3.05) is 0 Å². The first-order valence-electron chi connectivity index (χ1n) is 13.6. The summed E-state index contributed by atoms with van der Waals surface area (Å²) in [6.45, 7) is 13.4. The molecule has 0 aromatic rings. The van der Waals surface area contributed by atoms with Crippen molar-refractivity contribution in [1.29, 1.82) is 0 Å². The number of aliphatic hydroxyl groups excluding tert-OH is 1. The van der Waals surface area contributed by atoms with Crippen LogP contribution in [0.5, 0.6) is 0 Å². The van der Waals surface area contributed by atoms with E-state index in [1.165, 1.54) is 18.4 Å². The summed E-state index contributed by atoms with van der Waals surface area (Å²) in [5.41, 5.74) is 0.866. The van der Waals surface area contributed by atoms with E-state index in [1.54, 1.807) is 0 Å². The standard InChI is InChI=1S/C29H48O3/c1-7-29(32)15-14-27(5)20(16-29)9-10-21-23-12-11-22(19(4)8-13-24(30)18(2)3)28(23,6)17-25(31)26(21)27/h9,18-19,21-24,26,30,32H,7-8,10-17H2,1-6H3/t19-,21?,22-,23+,24-,26-,27?,28-,29+/m1/s1. The van der Waals surface area contributed by atoms with Crippen LogP contribution in [0.4, 0.5) is 0 Å². The maximum Gasteiger partial charge on any atom is 0.137 e. The number of Topliss-reactive ketones (excluding diaryl/α,β-unsaturated/α-hetero) is 1. The topological polar surface area (TPSA) is 57.5 Å². The second-order valence-corrected chi connectivity index (χ2v) is 13.1. The summed E-state index contributed by atoms with van der Waals surface area (Å²) in [6, 6.07) is 0. The van der Waals surface area contributed by atoms with Crippen molar-refractivity contribution in [3.63, 3.8) is 0 Å². The Morgan fingerprint density at radius 2 is 1.81 bits per heavy atom. The lowest BCUT2D eigenvalue weighted by molar-refractivity contribution is -0.147. The van der Waals surface area contributed by atoms with E-state index in [0.29, 0.717) is 35.4 Å². The fraction of sp³-hybridized carbons (Fsp3) is 0.897. The largest absolute Gasteiger partial charge is 0.393 e. The third kappa shape index (κ3) is 3.84. The van der Waals surface area contributed by atoms with Gasteiger partial charge in [0.2, 0.25) is 0 Å². The first-order chi connectivity index (χ1) is 14.9. The molecule has 0 aromatic heterocycles. The fourth-order valence-corrected chi connectivity index (χ4v) is 8.78. The number of carbonyl (C=O) groups is 1. The Morgan fingerprint density at radius 1 is 1.09 bits per heavy atom. The van der Waals surface area contributed by atoms with Crippen LogP contribution in [0.15, 0.2) is 11.6 Å². The molecule has 32 heavy (non-hydrogen) atoms. The van der Waals surface area contributed by atoms with E-state index in [1.807, 2.05) is 0 Å². The minimum atomic E-state index is -0.571. The Hall–Kier alpha value is -0.670. The molecule has 2 N–H and O–H groups in total. The Morgan fingerprint density at radius 3 is 2.47 bits per heavy atom. The van der Waals surface area contributed by atoms with Crippen LogP contribution in [0.25, 0.3) is 0 Å². The summed E-state index contributed by atoms with van der Waals surface area (Å²) in [6.07, 6.45) is 11.8. The molecule has 3 saturated carbocycles. The van der Waals surface area contributed by atoms with Crippen LogP contribution in [0, 0.1) is 46.3 Å². The number of allylic oxidation sites excluding steroid dienone is 1. The van der Waals surface area contributed by atoms with Crippen LogP contribution in [-0.2, 0) is 4.79 Å². The minimum absolute atomic E-state index is 0.0478. The van der Waals surface area contributed by atoms with Gasteiger partial charge in [0.15, 0.2) is 0 Å². The van der Waals surface area contributed by atoms with E-state index < -0.39 is 5.60 Å². The third-order valence-corrected chi connectivity index (χ3v) is 11.0. The summed E-state index contributed by atoms with van der Waals surface area (Å²) in [5.74, 6) is 3.23. The predicted octanol–water partition coefficient (Wildman–Crippen LogP) is 6.32. The van der Waals surface area contributed by atoms with Gasteiger partial charge in [0, 0.05) is 12.3 Å². The summed E-state index contributed by atoms with van der Waals surface area (Å²) in [4.78, 5) is 13.9. The van der Waals surface area contributed by atoms with Gasteiger partial charge in [-0.3, -0.25) is 4.79 Å². The zero-order valence-corrected chi connectivity index (χ0v) is 21.5. The van der Waals surface area contributed by atoms with Gasteiger partial charge in [-0.15, -0.1) is 0 Å². The van der Waals surface area contributed by atoms with E-state index in [4.69, 9.17) is 0 Å². The highest BCUT2D eigenvalue weighted by Crippen LogP contribution is 2.66. The molecule has 0 aliphatic heterocycles. The Labute approximate surface area is 196 Å². The SMILES string of the molecule is CC[C@]1(O)CCC2(C)C(=CCC3[C@@H]2C(=O)C[C@]2(C)[C@@H]([C@H](C)CC[C@@H](O)C(C)C)CC[C@@H]32)C1. The van der Waals surface area contributed by atoms with E-state index in [-0.39, 0.29) is 22.9 Å². The van der Waals surface area contributed by atoms with Crippen LogP contribution in [0.1, 0.15) is 106 Å². The van der Waals surface area contributed by atoms with Crippen molar-refractivity contribution in [2.24, 2.45) is 46.3 Å². The van der Waals surface area contributed by atoms with E-state index in [2.05, 4.69) is 47.6 Å². The second-order valence-electron chi connectivity index (χ2n) is 13.1. The molecule has 3 fully saturated rings. The number of hydrogen-bond donors (Lipinski definition) is 2. The highest BCUT2D eigenvalue weighted by Gasteiger charge is 2.62. The molecular formula is C29H48O3. The molecule has 4 rings (SSSR count). The zero-order valence-electron chi connectivity index (χ0n) is 21.5. The average molecular weight is 445 g/mol. The first-order valence-corrected chi connectivity index (χ1v) is 13.6. The number of hydrogen-bond acceptors (Lipinski definition) is 3.